The molecule has 1 aliphatic heterocycles. The number of hydrogen-bond acceptors (Lipinski definition) is 3. The zero-order valence-corrected chi connectivity index (χ0v) is 8.66. The lowest BCUT2D eigenvalue weighted by molar-refractivity contribution is -0.110. The number of methoxy groups -OCH3 is 2. The van der Waals surface area contributed by atoms with Gasteiger partial charge in [0.15, 0.2) is 0 Å². The van der Waals surface area contributed by atoms with Crippen LogP contribution in [0.2, 0.25) is 0 Å². The van der Waals surface area contributed by atoms with Crippen LogP contribution in [0, 0.1) is 5.92 Å². The van der Waals surface area contributed by atoms with Crippen LogP contribution < -0.4 is 0 Å². The summed E-state index contributed by atoms with van der Waals surface area (Å²) < 4.78 is 16.4. The quantitative estimate of drug-likeness (QED) is 0.483. The van der Waals surface area contributed by atoms with Crippen molar-refractivity contribution in [2.75, 3.05) is 20.8 Å². The summed E-state index contributed by atoms with van der Waals surface area (Å²) in [5, 5.41) is 0. The van der Waals surface area contributed by atoms with Gasteiger partial charge in [-0.15, -0.1) is 0 Å². The molecule has 3 nitrogen and oxygen atoms in total. The molecule has 0 aromatic carbocycles. The minimum atomic E-state index is -0.398. The van der Waals surface area contributed by atoms with Gasteiger partial charge in [-0.1, -0.05) is 12.2 Å². The molecule has 2 rings (SSSR count). The Kier molecular flexibility index (Phi) is 2.45. The molecular weight excluding hydrogens is 179 g/mol. The highest BCUT2D eigenvalue weighted by atomic mass is 16.6. The molecule has 0 spiro atoms. The summed E-state index contributed by atoms with van der Waals surface area (Å²) in [6.07, 6.45) is 0.780. The maximum atomic E-state index is 5.87. The summed E-state index contributed by atoms with van der Waals surface area (Å²) in [7, 11) is 9.21. The van der Waals surface area contributed by atoms with Crippen molar-refractivity contribution >= 4 is 7.85 Å². The van der Waals surface area contributed by atoms with Crippen molar-refractivity contribution in [2.24, 2.45) is 5.92 Å². The highest BCUT2D eigenvalue weighted by Crippen LogP contribution is 2.51. The Balaban J connectivity index is 2.27. The zero-order chi connectivity index (χ0) is 10.3. The minimum absolute atomic E-state index is 0.00931. The molecule has 1 heterocycles. The monoisotopic (exact) mass is 194 g/mol. The van der Waals surface area contributed by atoms with Gasteiger partial charge in [-0.2, -0.15) is 0 Å². The van der Waals surface area contributed by atoms with Crippen LogP contribution in [0.5, 0.6) is 0 Å². The van der Waals surface area contributed by atoms with Gasteiger partial charge in [0, 0.05) is 32.6 Å². The van der Waals surface area contributed by atoms with E-state index in [1.165, 1.54) is 0 Å². The summed E-state index contributed by atoms with van der Waals surface area (Å²) in [5.74, 6) is 0.121. The summed E-state index contributed by atoms with van der Waals surface area (Å²) in [6, 6.07) is -0.295. The molecule has 2 radical (unpaired) electrons. The first-order chi connectivity index (χ1) is 6.64. The van der Waals surface area contributed by atoms with Gasteiger partial charge in [0.2, 0.25) is 0 Å². The maximum absolute atomic E-state index is 5.87. The van der Waals surface area contributed by atoms with Crippen molar-refractivity contribution < 1.29 is 14.2 Å². The summed E-state index contributed by atoms with van der Waals surface area (Å²) in [5.41, 5.74) is 0.720. The lowest BCUT2D eigenvalue weighted by Crippen LogP contribution is -2.42. The topological polar surface area (TPSA) is 27.7 Å². The SMILES string of the molecule is [B][C@@H]1O[C@]2(COC)CC(=C)[C@@H]1C2OC. The van der Waals surface area contributed by atoms with Crippen molar-refractivity contribution in [2.45, 2.75) is 24.1 Å². The first-order valence-corrected chi connectivity index (χ1v) is 4.77. The second-order valence-electron chi connectivity index (χ2n) is 4.10. The fourth-order valence-corrected chi connectivity index (χ4v) is 2.77. The number of rotatable bonds is 3. The average molecular weight is 194 g/mol. The van der Waals surface area contributed by atoms with Gasteiger partial charge in [0.25, 0.3) is 0 Å². The summed E-state index contributed by atoms with van der Waals surface area (Å²) in [4.78, 5) is 0. The predicted octanol–water partition coefficient (Wildman–Crippen LogP) is 0.487. The molecule has 1 saturated heterocycles. The van der Waals surface area contributed by atoms with Crippen molar-refractivity contribution in [3.8, 4) is 0 Å². The fourth-order valence-electron chi connectivity index (χ4n) is 2.77. The van der Waals surface area contributed by atoms with Crippen LogP contribution in [0.3, 0.4) is 0 Å². The minimum Gasteiger partial charge on any atom is -0.382 e. The molecule has 0 aromatic heterocycles. The third-order valence-corrected chi connectivity index (χ3v) is 3.21. The third-order valence-electron chi connectivity index (χ3n) is 3.21. The molecule has 1 unspecified atom stereocenters. The predicted molar refractivity (Wildman–Crippen MR) is 53.3 cm³/mol. The smallest absolute Gasteiger partial charge is 0.121 e. The van der Waals surface area contributed by atoms with Crippen LogP contribution in [-0.4, -0.2) is 46.4 Å². The molecule has 4 atom stereocenters. The Morgan fingerprint density at radius 2 is 2.36 bits per heavy atom. The van der Waals surface area contributed by atoms with Crippen molar-refractivity contribution in [1.29, 1.82) is 0 Å². The van der Waals surface area contributed by atoms with Crippen molar-refractivity contribution in [3.05, 3.63) is 12.2 Å². The van der Waals surface area contributed by atoms with E-state index in [2.05, 4.69) is 6.58 Å². The van der Waals surface area contributed by atoms with E-state index in [0.29, 0.717) is 6.61 Å². The number of ether oxygens (including phenoxy) is 3. The zero-order valence-electron chi connectivity index (χ0n) is 8.66. The van der Waals surface area contributed by atoms with Crippen LogP contribution in [0.4, 0.5) is 0 Å². The first kappa shape index (κ1) is 10.2. The molecule has 2 fully saturated rings. The van der Waals surface area contributed by atoms with Crippen LogP contribution >= 0.6 is 0 Å². The second kappa shape index (κ2) is 3.37. The lowest BCUT2D eigenvalue weighted by atomic mass is 9.83. The molecule has 76 valence electrons. The van der Waals surface area contributed by atoms with E-state index in [1.807, 2.05) is 0 Å². The van der Waals surface area contributed by atoms with E-state index in [-0.39, 0.29) is 18.0 Å². The Labute approximate surface area is 85.8 Å². The molecule has 0 N–H and O–H groups in total. The van der Waals surface area contributed by atoms with Crippen LogP contribution in [0.15, 0.2) is 12.2 Å². The number of hydrogen-bond donors (Lipinski definition) is 0. The molecule has 1 saturated carbocycles. The van der Waals surface area contributed by atoms with Gasteiger partial charge < -0.3 is 14.2 Å². The molecular formula is C10H15BO3. The van der Waals surface area contributed by atoms with E-state index < -0.39 is 5.60 Å². The first-order valence-electron chi connectivity index (χ1n) is 4.77. The molecule has 2 bridgehead atoms. The summed E-state index contributed by atoms with van der Waals surface area (Å²) in [6.45, 7) is 4.53. The Hall–Kier alpha value is -0.315. The normalized spacial score (nSPS) is 46.1. The van der Waals surface area contributed by atoms with Crippen LogP contribution in [0.25, 0.3) is 0 Å². The third kappa shape index (κ3) is 1.18. The van der Waals surface area contributed by atoms with Crippen molar-refractivity contribution in [1.82, 2.24) is 0 Å². The molecule has 14 heavy (non-hydrogen) atoms. The van der Waals surface area contributed by atoms with E-state index in [9.17, 15) is 0 Å². The standard InChI is InChI=1S/C10H15BO3/c1-6-4-10(5-12-2)8(13-3)7(6)9(11)14-10/h7-9H,1,4-5H2,2-3H3/t7-,8?,9-,10+/m1/s1. The Morgan fingerprint density at radius 1 is 1.64 bits per heavy atom. The largest absolute Gasteiger partial charge is 0.382 e. The van der Waals surface area contributed by atoms with Gasteiger partial charge in [-0.05, 0) is 0 Å². The van der Waals surface area contributed by atoms with Crippen LogP contribution in [0.1, 0.15) is 6.42 Å². The van der Waals surface area contributed by atoms with Crippen molar-refractivity contribution in [3.63, 3.8) is 0 Å². The Morgan fingerprint density at radius 3 is 2.86 bits per heavy atom. The maximum Gasteiger partial charge on any atom is 0.121 e. The summed E-state index contributed by atoms with van der Waals surface area (Å²) >= 11 is 0. The molecule has 4 heteroatoms. The fraction of sp³-hybridized carbons (Fsp3) is 0.800. The second-order valence-corrected chi connectivity index (χ2v) is 4.10. The average Bonchev–Trinajstić information content (AvgIpc) is 2.51. The molecule has 0 aromatic rings. The van der Waals surface area contributed by atoms with E-state index in [4.69, 9.17) is 22.1 Å². The van der Waals surface area contributed by atoms with E-state index >= 15 is 0 Å². The molecule has 1 aliphatic carbocycles. The van der Waals surface area contributed by atoms with Crippen LogP contribution in [-0.2, 0) is 14.2 Å². The lowest BCUT2D eigenvalue weighted by Gasteiger charge is -2.31. The van der Waals surface area contributed by atoms with E-state index in [1.54, 1.807) is 14.2 Å². The van der Waals surface area contributed by atoms with Gasteiger partial charge in [0.05, 0.1) is 12.7 Å². The number of fused-ring (bicyclic) bond motifs is 2. The van der Waals surface area contributed by atoms with E-state index in [0.717, 1.165) is 12.0 Å². The molecule has 2 aliphatic rings. The molecule has 0 amide bonds. The van der Waals surface area contributed by atoms with Gasteiger partial charge in [-0.25, -0.2) is 0 Å². The highest BCUT2D eigenvalue weighted by Gasteiger charge is 2.60. The highest BCUT2D eigenvalue weighted by molar-refractivity contribution is 6.11. The van der Waals surface area contributed by atoms with Gasteiger partial charge in [-0.3, -0.25) is 0 Å². The Bertz CT molecular complexity index is 256. The van der Waals surface area contributed by atoms with Gasteiger partial charge in [0.1, 0.15) is 13.4 Å². The van der Waals surface area contributed by atoms with Gasteiger partial charge >= 0.3 is 0 Å².